The Labute approximate surface area is 81.3 Å². The van der Waals surface area contributed by atoms with E-state index in [2.05, 4.69) is 5.32 Å². The van der Waals surface area contributed by atoms with Gasteiger partial charge in [0.25, 0.3) is 0 Å². The van der Waals surface area contributed by atoms with Crippen molar-refractivity contribution in [2.45, 2.75) is 62.9 Å². The predicted molar refractivity (Wildman–Crippen MR) is 55.6 cm³/mol. The minimum Gasteiger partial charge on any atom is -0.325 e. The summed E-state index contributed by atoms with van der Waals surface area (Å²) in [4.78, 5) is 0. The summed E-state index contributed by atoms with van der Waals surface area (Å²) in [5, 5.41) is 3.63. The highest BCUT2D eigenvalue weighted by atomic mass is 14.9. The van der Waals surface area contributed by atoms with Gasteiger partial charge in [0.15, 0.2) is 0 Å². The van der Waals surface area contributed by atoms with E-state index in [1.807, 2.05) is 0 Å². The van der Waals surface area contributed by atoms with Crippen molar-refractivity contribution in [3.05, 3.63) is 0 Å². The summed E-state index contributed by atoms with van der Waals surface area (Å²) in [6.45, 7) is 1.22. The van der Waals surface area contributed by atoms with E-state index in [0.29, 0.717) is 0 Å². The Morgan fingerprint density at radius 3 is 2.85 bits per heavy atom. The predicted octanol–water partition coefficient (Wildman–Crippen LogP) is 1.79. The number of hydrogen-bond donors (Lipinski definition) is 2. The smallest absolute Gasteiger partial charge is 0.0156 e. The zero-order chi connectivity index (χ0) is 9.15. The van der Waals surface area contributed by atoms with E-state index in [1.54, 1.807) is 0 Å². The van der Waals surface area contributed by atoms with E-state index in [9.17, 15) is 0 Å². The third kappa shape index (κ3) is 2.96. The second-order valence-corrected chi connectivity index (χ2v) is 4.90. The molecule has 2 rings (SSSR count). The molecular weight excluding hydrogens is 160 g/mol. The molecule has 0 aromatic rings. The lowest BCUT2D eigenvalue weighted by molar-refractivity contribution is 0.433. The van der Waals surface area contributed by atoms with Crippen molar-refractivity contribution in [2.24, 2.45) is 5.73 Å². The molecule has 76 valence electrons. The van der Waals surface area contributed by atoms with Crippen molar-refractivity contribution < 1.29 is 0 Å². The molecule has 0 aromatic carbocycles. The van der Waals surface area contributed by atoms with Crippen LogP contribution in [-0.2, 0) is 0 Å². The molecule has 2 heteroatoms. The molecule has 2 nitrogen and oxygen atoms in total. The third-order valence-electron chi connectivity index (χ3n) is 3.55. The van der Waals surface area contributed by atoms with Gasteiger partial charge in [-0.25, -0.2) is 0 Å². The monoisotopic (exact) mass is 182 g/mol. The maximum atomic E-state index is 6.08. The molecule has 1 aliphatic carbocycles. The van der Waals surface area contributed by atoms with Gasteiger partial charge in [0, 0.05) is 11.6 Å². The summed E-state index contributed by atoms with van der Waals surface area (Å²) in [5.41, 5.74) is 6.33. The third-order valence-corrected chi connectivity index (χ3v) is 3.55. The number of nitrogens with two attached hydrogens (primary N) is 1. The minimum atomic E-state index is 0.258. The Bertz CT molecular complexity index is 155. The van der Waals surface area contributed by atoms with E-state index in [1.165, 1.54) is 57.9 Å². The van der Waals surface area contributed by atoms with Crippen LogP contribution in [0.15, 0.2) is 0 Å². The average molecular weight is 182 g/mol. The molecule has 0 spiro atoms. The molecule has 13 heavy (non-hydrogen) atoms. The summed E-state index contributed by atoms with van der Waals surface area (Å²) in [5.74, 6) is 0. The second kappa shape index (κ2) is 3.97. The van der Waals surface area contributed by atoms with Gasteiger partial charge in [0.1, 0.15) is 0 Å². The van der Waals surface area contributed by atoms with Crippen LogP contribution in [-0.4, -0.2) is 18.1 Å². The van der Waals surface area contributed by atoms with Gasteiger partial charge in [0.05, 0.1) is 0 Å². The van der Waals surface area contributed by atoms with Gasteiger partial charge in [-0.15, -0.1) is 0 Å². The maximum absolute atomic E-state index is 6.08. The molecular formula is C11H22N2. The quantitative estimate of drug-likeness (QED) is 0.698. The van der Waals surface area contributed by atoms with Crippen molar-refractivity contribution >= 4 is 0 Å². The normalized spacial score (nSPS) is 32.5. The van der Waals surface area contributed by atoms with Crippen LogP contribution >= 0.6 is 0 Å². The summed E-state index contributed by atoms with van der Waals surface area (Å²) >= 11 is 0. The largest absolute Gasteiger partial charge is 0.325 e. The van der Waals surface area contributed by atoms with Gasteiger partial charge >= 0.3 is 0 Å². The van der Waals surface area contributed by atoms with Gasteiger partial charge in [-0.05, 0) is 45.1 Å². The molecule has 1 saturated heterocycles. The zero-order valence-electron chi connectivity index (χ0n) is 8.52. The Hall–Kier alpha value is -0.0800. The highest BCUT2D eigenvalue weighted by Crippen LogP contribution is 2.37. The summed E-state index contributed by atoms with van der Waals surface area (Å²) in [6.07, 6.45) is 10.6. The van der Waals surface area contributed by atoms with E-state index < -0.39 is 0 Å². The first-order valence-corrected chi connectivity index (χ1v) is 5.81. The first-order valence-electron chi connectivity index (χ1n) is 5.81. The molecule has 2 aliphatic rings. The van der Waals surface area contributed by atoms with E-state index in [4.69, 9.17) is 5.73 Å². The molecule has 3 N–H and O–H groups in total. The van der Waals surface area contributed by atoms with Gasteiger partial charge in [-0.1, -0.05) is 12.8 Å². The molecule has 1 atom stereocenters. The Balaban J connectivity index is 1.67. The van der Waals surface area contributed by atoms with Gasteiger partial charge in [0.2, 0.25) is 0 Å². The Morgan fingerprint density at radius 1 is 1.23 bits per heavy atom. The van der Waals surface area contributed by atoms with Crippen LogP contribution in [0.4, 0.5) is 0 Å². The molecule has 1 heterocycles. The Kier molecular flexibility index (Phi) is 2.89. The lowest BCUT2D eigenvalue weighted by Crippen LogP contribution is -2.31. The average Bonchev–Trinajstić information content (AvgIpc) is 2.87. The van der Waals surface area contributed by atoms with Crippen molar-refractivity contribution in [1.29, 1.82) is 0 Å². The van der Waals surface area contributed by atoms with Crippen LogP contribution in [0.2, 0.25) is 0 Å². The van der Waals surface area contributed by atoms with Gasteiger partial charge in [-0.2, -0.15) is 0 Å². The van der Waals surface area contributed by atoms with Crippen molar-refractivity contribution in [3.63, 3.8) is 0 Å². The summed E-state index contributed by atoms with van der Waals surface area (Å²) < 4.78 is 0. The fourth-order valence-corrected chi connectivity index (χ4v) is 2.22. The molecule has 1 aliphatic heterocycles. The SMILES string of the molecule is NC1(CCC2CCCCCN2)CC1. The van der Waals surface area contributed by atoms with Crippen LogP contribution in [0.1, 0.15) is 51.4 Å². The molecule has 0 aromatic heterocycles. The lowest BCUT2D eigenvalue weighted by atomic mass is 10.0. The van der Waals surface area contributed by atoms with Crippen molar-refractivity contribution in [1.82, 2.24) is 5.32 Å². The number of rotatable bonds is 3. The lowest BCUT2D eigenvalue weighted by Gasteiger charge is -2.17. The standard InChI is InChI=1S/C11H22N2/c12-11(7-8-11)6-5-10-4-2-1-3-9-13-10/h10,13H,1-9,12H2. The van der Waals surface area contributed by atoms with Crippen LogP contribution in [0, 0.1) is 0 Å². The fraction of sp³-hybridized carbons (Fsp3) is 1.00. The van der Waals surface area contributed by atoms with E-state index in [0.717, 1.165) is 6.04 Å². The van der Waals surface area contributed by atoms with Crippen LogP contribution in [0.5, 0.6) is 0 Å². The van der Waals surface area contributed by atoms with Crippen molar-refractivity contribution in [3.8, 4) is 0 Å². The Morgan fingerprint density at radius 2 is 2.08 bits per heavy atom. The molecule has 0 amide bonds. The first kappa shape index (κ1) is 9.47. The summed E-state index contributed by atoms with van der Waals surface area (Å²) in [6, 6.07) is 0.767. The molecule has 1 saturated carbocycles. The highest BCUT2D eigenvalue weighted by Gasteiger charge is 2.37. The van der Waals surface area contributed by atoms with E-state index in [-0.39, 0.29) is 5.54 Å². The van der Waals surface area contributed by atoms with Crippen LogP contribution in [0.25, 0.3) is 0 Å². The molecule has 1 unspecified atom stereocenters. The van der Waals surface area contributed by atoms with E-state index >= 15 is 0 Å². The molecule has 0 radical (unpaired) electrons. The molecule has 0 bridgehead atoms. The van der Waals surface area contributed by atoms with Crippen LogP contribution in [0.3, 0.4) is 0 Å². The van der Waals surface area contributed by atoms with Gasteiger partial charge < -0.3 is 11.1 Å². The topological polar surface area (TPSA) is 38.0 Å². The fourth-order valence-electron chi connectivity index (χ4n) is 2.22. The summed E-state index contributed by atoms with van der Waals surface area (Å²) in [7, 11) is 0. The minimum absolute atomic E-state index is 0.258. The second-order valence-electron chi connectivity index (χ2n) is 4.90. The van der Waals surface area contributed by atoms with Crippen LogP contribution < -0.4 is 11.1 Å². The molecule has 2 fully saturated rings. The van der Waals surface area contributed by atoms with Gasteiger partial charge in [-0.3, -0.25) is 0 Å². The highest BCUT2D eigenvalue weighted by molar-refractivity contribution is 4.99. The maximum Gasteiger partial charge on any atom is 0.0156 e. The van der Waals surface area contributed by atoms with Crippen molar-refractivity contribution in [2.75, 3.05) is 6.54 Å². The zero-order valence-corrected chi connectivity index (χ0v) is 8.52. The first-order chi connectivity index (χ1) is 6.29. The number of hydrogen-bond acceptors (Lipinski definition) is 2. The number of nitrogens with one attached hydrogen (secondary N) is 1.